The van der Waals surface area contributed by atoms with Crippen LogP contribution in [0, 0.1) is 0 Å². The van der Waals surface area contributed by atoms with Crippen LogP contribution in [0.25, 0.3) is 0 Å². The second kappa shape index (κ2) is 9.37. The van der Waals surface area contributed by atoms with Gasteiger partial charge in [-0.1, -0.05) is 30.3 Å². The van der Waals surface area contributed by atoms with Crippen molar-refractivity contribution in [3.8, 4) is 0 Å². The fraction of sp³-hybridized carbons (Fsp3) is 0.500. The number of ether oxygens (including phenoxy) is 1. The number of hydrogen-bond acceptors (Lipinski definition) is 5. The van der Waals surface area contributed by atoms with Crippen molar-refractivity contribution < 1.29 is 13.9 Å². The summed E-state index contributed by atoms with van der Waals surface area (Å²) in [6.07, 6.45) is 2.85. The predicted molar refractivity (Wildman–Crippen MR) is 107 cm³/mol. The molecular formula is C22H29N3O3. The molecule has 1 amide bonds. The van der Waals surface area contributed by atoms with Crippen molar-refractivity contribution in [2.24, 2.45) is 0 Å². The molecule has 6 nitrogen and oxygen atoms in total. The zero-order chi connectivity index (χ0) is 19.2. The van der Waals surface area contributed by atoms with E-state index in [1.165, 1.54) is 5.56 Å². The van der Waals surface area contributed by atoms with Crippen LogP contribution in [-0.2, 0) is 11.3 Å². The highest BCUT2D eigenvalue weighted by Gasteiger charge is 2.27. The summed E-state index contributed by atoms with van der Waals surface area (Å²) in [7, 11) is 0. The van der Waals surface area contributed by atoms with Crippen LogP contribution in [-0.4, -0.2) is 79.1 Å². The van der Waals surface area contributed by atoms with Gasteiger partial charge < -0.3 is 14.1 Å². The Bertz CT molecular complexity index is 727. The van der Waals surface area contributed by atoms with Crippen LogP contribution in [0.15, 0.2) is 53.1 Å². The first-order valence-electron chi connectivity index (χ1n) is 10.2. The Morgan fingerprint density at radius 3 is 2.54 bits per heavy atom. The maximum Gasteiger partial charge on any atom is 0.289 e. The molecule has 6 heteroatoms. The molecule has 1 aromatic heterocycles. The molecule has 1 aromatic carbocycles. The zero-order valence-corrected chi connectivity index (χ0v) is 16.3. The number of amides is 1. The van der Waals surface area contributed by atoms with Gasteiger partial charge in [0.1, 0.15) is 0 Å². The summed E-state index contributed by atoms with van der Waals surface area (Å²) < 4.78 is 11.4. The number of carbonyl (C=O) groups is 1. The zero-order valence-electron chi connectivity index (χ0n) is 16.3. The fourth-order valence-electron chi connectivity index (χ4n) is 4.04. The maximum absolute atomic E-state index is 12.4. The van der Waals surface area contributed by atoms with Gasteiger partial charge in [-0.05, 0) is 24.1 Å². The number of nitrogens with zero attached hydrogens (tertiary/aromatic N) is 3. The molecule has 0 radical (unpaired) electrons. The van der Waals surface area contributed by atoms with E-state index in [0.29, 0.717) is 5.76 Å². The average molecular weight is 383 g/mol. The van der Waals surface area contributed by atoms with E-state index in [-0.39, 0.29) is 12.0 Å². The molecule has 4 rings (SSSR count). The van der Waals surface area contributed by atoms with Crippen LogP contribution < -0.4 is 0 Å². The molecule has 2 aliphatic rings. The van der Waals surface area contributed by atoms with E-state index in [1.807, 2.05) is 4.90 Å². The van der Waals surface area contributed by atoms with Crippen LogP contribution in [0.3, 0.4) is 0 Å². The molecule has 2 aliphatic heterocycles. The molecule has 0 bridgehead atoms. The third-order valence-corrected chi connectivity index (χ3v) is 5.54. The van der Waals surface area contributed by atoms with Crippen LogP contribution in [0.4, 0.5) is 0 Å². The number of piperazine rings is 1. The highest BCUT2D eigenvalue weighted by Crippen LogP contribution is 2.14. The number of benzene rings is 1. The van der Waals surface area contributed by atoms with E-state index in [2.05, 4.69) is 40.1 Å². The van der Waals surface area contributed by atoms with Crippen LogP contribution in [0.2, 0.25) is 0 Å². The second-order valence-electron chi connectivity index (χ2n) is 7.64. The van der Waals surface area contributed by atoms with E-state index in [0.717, 1.165) is 65.4 Å². The summed E-state index contributed by atoms with van der Waals surface area (Å²) in [6.45, 7) is 8.00. The molecule has 2 saturated heterocycles. The standard InChI is InChI=1S/C22H29N3O3/c26-22(21-8-4-14-28-21)25-12-10-23(11-13-25)17-20-18-24(9-5-15-27-20)16-19-6-2-1-3-7-19/h1-4,6-8,14,20H,5,9-13,15-18H2. The van der Waals surface area contributed by atoms with E-state index < -0.39 is 0 Å². The number of furan rings is 1. The first-order valence-corrected chi connectivity index (χ1v) is 10.2. The molecule has 1 atom stereocenters. The molecule has 1 unspecified atom stereocenters. The quantitative estimate of drug-likeness (QED) is 0.793. The summed E-state index contributed by atoms with van der Waals surface area (Å²) >= 11 is 0. The fourth-order valence-corrected chi connectivity index (χ4v) is 4.04. The molecule has 0 saturated carbocycles. The summed E-state index contributed by atoms with van der Waals surface area (Å²) in [5.41, 5.74) is 1.35. The highest BCUT2D eigenvalue weighted by atomic mass is 16.5. The van der Waals surface area contributed by atoms with Gasteiger partial charge in [-0.2, -0.15) is 0 Å². The van der Waals surface area contributed by atoms with Crippen molar-refractivity contribution in [2.45, 2.75) is 19.1 Å². The van der Waals surface area contributed by atoms with Crippen molar-refractivity contribution in [3.05, 3.63) is 60.1 Å². The van der Waals surface area contributed by atoms with E-state index in [4.69, 9.17) is 9.15 Å². The minimum absolute atomic E-state index is 0.00981. The molecule has 0 spiro atoms. The number of hydrogen-bond donors (Lipinski definition) is 0. The van der Waals surface area contributed by atoms with E-state index in [1.54, 1.807) is 18.4 Å². The van der Waals surface area contributed by atoms with Crippen LogP contribution in [0.5, 0.6) is 0 Å². The lowest BCUT2D eigenvalue weighted by Gasteiger charge is -2.36. The van der Waals surface area contributed by atoms with Gasteiger partial charge in [-0.25, -0.2) is 0 Å². The van der Waals surface area contributed by atoms with Crippen molar-refractivity contribution in [3.63, 3.8) is 0 Å². The first-order chi connectivity index (χ1) is 13.8. The Morgan fingerprint density at radius 2 is 1.79 bits per heavy atom. The molecule has 0 aliphatic carbocycles. The Morgan fingerprint density at radius 1 is 0.964 bits per heavy atom. The van der Waals surface area contributed by atoms with E-state index >= 15 is 0 Å². The van der Waals surface area contributed by atoms with Crippen molar-refractivity contribution in [1.82, 2.24) is 14.7 Å². The second-order valence-corrected chi connectivity index (χ2v) is 7.64. The van der Waals surface area contributed by atoms with Gasteiger partial charge in [0.05, 0.1) is 12.4 Å². The molecule has 28 heavy (non-hydrogen) atoms. The maximum atomic E-state index is 12.4. The lowest BCUT2D eigenvalue weighted by molar-refractivity contribution is 0.0130. The Labute approximate surface area is 166 Å². The van der Waals surface area contributed by atoms with Gasteiger partial charge in [0.25, 0.3) is 5.91 Å². The summed E-state index contributed by atoms with van der Waals surface area (Å²) in [5, 5.41) is 0. The van der Waals surface area contributed by atoms with Crippen molar-refractivity contribution in [2.75, 3.05) is 52.4 Å². The third-order valence-electron chi connectivity index (χ3n) is 5.54. The Balaban J connectivity index is 1.26. The molecular weight excluding hydrogens is 354 g/mol. The molecule has 3 heterocycles. The van der Waals surface area contributed by atoms with Gasteiger partial charge in [0.2, 0.25) is 0 Å². The number of rotatable bonds is 5. The summed E-state index contributed by atoms with van der Waals surface area (Å²) in [5.74, 6) is 0.418. The lowest BCUT2D eigenvalue weighted by Crippen LogP contribution is -2.51. The van der Waals surface area contributed by atoms with Gasteiger partial charge in [0, 0.05) is 59.0 Å². The predicted octanol–water partition coefficient (Wildman–Crippen LogP) is 2.33. The van der Waals surface area contributed by atoms with Gasteiger partial charge >= 0.3 is 0 Å². The lowest BCUT2D eigenvalue weighted by atomic mass is 10.2. The number of carbonyl (C=O) groups excluding carboxylic acids is 1. The summed E-state index contributed by atoms with van der Waals surface area (Å²) in [6, 6.07) is 14.1. The first kappa shape index (κ1) is 19.2. The smallest absolute Gasteiger partial charge is 0.289 e. The largest absolute Gasteiger partial charge is 0.459 e. The average Bonchev–Trinajstić information content (AvgIpc) is 3.18. The molecule has 2 aromatic rings. The molecule has 2 fully saturated rings. The molecule has 0 N–H and O–H groups in total. The van der Waals surface area contributed by atoms with Gasteiger partial charge in [0.15, 0.2) is 5.76 Å². The van der Waals surface area contributed by atoms with Gasteiger partial charge in [-0.15, -0.1) is 0 Å². The van der Waals surface area contributed by atoms with Crippen LogP contribution >= 0.6 is 0 Å². The van der Waals surface area contributed by atoms with E-state index in [9.17, 15) is 4.79 Å². The van der Waals surface area contributed by atoms with Crippen molar-refractivity contribution >= 4 is 5.91 Å². The highest BCUT2D eigenvalue weighted by molar-refractivity contribution is 5.91. The normalized spacial score (nSPS) is 22.1. The SMILES string of the molecule is O=C(c1ccco1)N1CCN(CC2CN(Cc3ccccc3)CCCO2)CC1. The third kappa shape index (κ3) is 5.01. The Kier molecular flexibility index (Phi) is 6.41. The van der Waals surface area contributed by atoms with Crippen molar-refractivity contribution in [1.29, 1.82) is 0 Å². The van der Waals surface area contributed by atoms with Gasteiger partial charge in [-0.3, -0.25) is 14.6 Å². The summed E-state index contributed by atoms with van der Waals surface area (Å²) in [4.78, 5) is 19.2. The Hall–Kier alpha value is -2.15. The minimum atomic E-state index is -0.00981. The minimum Gasteiger partial charge on any atom is -0.459 e. The topological polar surface area (TPSA) is 49.2 Å². The molecule has 150 valence electrons. The monoisotopic (exact) mass is 383 g/mol. The van der Waals surface area contributed by atoms with Crippen LogP contribution in [0.1, 0.15) is 22.5 Å².